The highest BCUT2D eigenvalue weighted by Crippen LogP contribution is 2.28. The first-order valence-corrected chi connectivity index (χ1v) is 11.6. The summed E-state index contributed by atoms with van der Waals surface area (Å²) in [7, 11) is 2.73. The molecule has 0 saturated carbocycles. The molecule has 1 atom stereocenters. The lowest BCUT2D eigenvalue weighted by Gasteiger charge is -2.20. The molecule has 2 aromatic rings. The number of hydrogen-bond donors (Lipinski definition) is 3. The minimum absolute atomic E-state index is 0.0218. The molecule has 3 rings (SSSR count). The summed E-state index contributed by atoms with van der Waals surface area (Å²) in [5.41, 5.74) is 1.38. The smallest absolute Gasteiger partial charge is 0.254 e. The van der Waals surface area contributed by atoms with Gasteiger partial charge in [0, 0.05) is 57.8 Å². The van der Waals surface area contributed by atoms with Crippen molar-refractivity contribution in [2.75, 3.05) is 27.4 Å². The van der Waals surface area contributed by atoms with E-state index in [1.807, 2.05) is 24.3 Å². The van der Waals surface area contributed by atoms with E-state index in [2.05, 4.69) is 10.6 Å². The summed E-state index contributed by atoms with van der Waals surface area (Å²) in [5, 5.41) is 13.6. The van der Waals surface area contributed by atoms with Crippen molar-refractivity contribution in [1.82, 2.24) is 15.2 Å². The number of amides is 1. The lowest BCUT2D eigenvalue weighted by atomic mass is 10.0. The lowest BCUT2D eigenvalue weighted by Crippen LogP contribution is -2.33. The second-order valence-electron chi connectivity index (χ2n) is 8.36. The minimum atomic E-state index is -0.894. The van der Waals surface area contributed by atoms with E-state index >= 15 is 0 Å². The van der Waals surface area contributed by atoms with Crippen LogP contribution in [0.4, 0.5) is 8.78 Å². The third-order valence-corrected chi connectivity index (χ3v) is 5.77. The molecule has 196 valence electrons. The van der Waals surface area contributed by atoms with Crippen LogP contribution in [-0.2, 0) is 27.4 Å². The van der Waals surface area contributed by atoms with E-state index in [-0.39, 0.29) is 35.4 Å². The largest absolute Gasteiger partial charge is 0.386 e. The molecule has 0 spiro atoms. The molecule has 1 aromatic carbocycles. The maximum absolute atomic E-state index is 14.5. The highest BCUT2D eigenvalue weighted by molar-refractivity contribution is 6.20. The molecule has 37 heavy (non-hydrogen) atoms. The van der Waals surface area contributed by atoms with Gasteiger partial charge in [-0.05, 0) is 23.3 Å². The number of aromatic nitrogens is 1. The van der Waals surface area contributed by atoms with Crippen LogP contribution in [0.1, 0.15) is 17.5 Å². The van der Waals surface area contributed by atoms with E-state index in [1.54, 1.807) is 22.9 Å². The van der Waals surface area contributed by atoms with Crippen LogP contribution in [0.2, 0.25) is 0 Å². The van der Waals surface area contributed by atoms with Crippen molar-refractivity contribution in [3.05, 3.63) is 105 Å². The van der Waals surface area contributed by atoms with Gasteiger partial charge < -0.3 is 30.1 Å². The monoisotopic (exact) mass is 512 g/mol. The van der Waals surface area contributed by atoms with Crippen molar-refractivity contribution < 1.29 is 23.0 Å². The Morgan fingerprint density at radius 3 is 2.54 bits per heavy atom. The van der Waals surface area contributed by atoms with Gasteiger partial charge in [0.15, 0.2) is 0 Å². The number of benzene rings is 1. The van der Waals surface area contributed by atoms with Gasteiger partial charge in [-0.15, -0.1) is 0 Å². The van der Waals surface area contributed by atoms with Gasteiger partial charge in [-0.25, -0.2) is 8.78 Å². The predicted molar refractivity (Wildman–Crippen MR) is 137 cm³/mol. The Labute approximate surface area is 213 Å². The van der Waals surface area contributed by atoms with E-state index < -0.39 is 30.2 Å². The Hall–Kier alpha value is -3.89. The molecule has 3 N–H and O–H groups in total. The number of ether oxygens (including phenoxy) is 2. The number of nitrogens with zero attached hydrogens (tertiary/aromatic N) is 1. The Balaban J connectivity index is 1.64. The van der Waals surface area contributed by atoms with Crippen LogP contribution in [0.15, 0.2) is 88.5 Å². The van der Waals surface area contributed by atoms with Crippen LogP contribution in [0.25, 0.3) is 0 Å². The first kappa shape index (κ1) is 27.7. The second-order valence-corrected chi connectivity index (χ2v) is 8.36. The van der Waals surface area contributed by atoms with Gasteiger partial charge in [-0.3, -0.25) is 9.59 Å². The second kappa shape index (κ2) is 13.4. The molecule has 0 aliphatic heterocycles. The molecule has 1 aliphatic carbocycles. The normalized spacial score (nSPS) is 15.8. The number of carbonyl (C=O) groups is 1. The highest BCUT2D eigenvalue weighted by Gasteiger charge is 2.26. The summed E-state index contributed by atoms with van der Waals surface area (Å²) in [6, 6.07) is 12.6. The third kappa shape index (κ3) is 7.55. The minimum Gasteiger partial charge on any atom is -0.386 e. The molecule has 1 unspecified atom stereocenters. The van der Waals surface area contributed by atoms with Gasteiger partial charge >= 0.3 is 0 Å². The number of hydrogen-bond acceptors (Lipinski definition) is 6. The van der Waals surface area contributed by atoms with Crippen LogP contribution in [0, 0.1) is 5.41 Å². The number of pyridine rings is 1. The zero-order valence-corrected chi connectivity index (χ0v) is 20.7. The van der Waals surface area contributed by atoms with Gasteiger partial charge in [-0.2, -0.15) is 0 Å². The van der Waals surface area contributed by atoms with Crippen molar-refractivity contribution >= 4 is 11.6 Å². The quantitative estimate of drug-likeness (QED) is 0.299. The fourth-order valence-corrected chi connectivity index (χ4v) is 3.71. The van der Waals surface area contributed by atoms with Crippen LogP contribution < -0.4 is 16.2 Å². The molecule has 0 fully saturated rings. The molecule has 1 aliphatic rings. The van der Waals surface area contributed by atoms with E-state index in [4.69, 9.17) is 14.9 Å². The molecule has 10 heteroatoms. The summed E-state index contributed by atoms with van der Waals surface area (Å²) in [6.45, 7) is 0.293. The van der Waals surface area contributed by atoms with Gasteiger partial charge in [-0.1, -0.05) is 30.3 Å². The van der Waals surface area contributed by atoms with E-state index in [1.165, 1.54) is 32.6 Å². The van der Waals surface area contributed by atoms with Crippen LogP contribution >= 0.6 is 0 Å². The molecule has 1 heterocycles. The predicted octanol–water partition coefficient (Wildman–Crippen LogP) is 3.15. The number of halogens is 2. The van der Waals surface area contributed by atoms with Crippen molar-refractivity contribution in [3.8, 4) is 0 Å². The zero-order chi connectivity index (χ0) is 26.8. The first-order valence-electron chi connectivity index (χ1n) is 11.6. The van der Waals surface area contributed by atoms with Crippen molar-refractivity contribution in [2.24, 2.45) is 0 Å². The van der Waals surface area contributed by atoms with Crippen molar-refractivity contribution in [1.29, 1.82) is 5.41 Å². The van der Waals surface area contributed by atoms with E-state index in [9.17, 15) is 18.4 Å². The Bertz CT molecular complexity index is 1270. The standard InChI is InChI=1S/C27H30F2N4O4/c1-36-17-23(30)21(27(35)32-15-20-22(28)10-11-24(37-2)26(20)29)14-31-13-18-6-8-19(9-7-18)16-33-12-4-3-5-25(33)34/h3-10,12,14,24,30-31H,11,13,15-17H2,1-2H3,(H,32,35)/b21-14+,30-23?. The topological polar surface area (TPSA) is 105 Å². The van der Waals surface area contributed by atoms with Crippen molar-refractivity contribution in [2.45, 2.75) is 25.6 Å². The number of rotatable bonds is 12. The summed E-state index contributed by atoms with van der Waals surface area (Å²) in [4.78, 5) is 24.7. The fraction of sp³-hybridized carbons (Fsp3) is 0.296. The van der Waals surface area contributed by atoms with E-state index in [0.717, 1.165) is 11.1 Å². The maximum atomic E-state index is 14.5. The fourth-order valence-electron chi connectivity index (χ4n) is 3.71. The maximum Gasteiger partial charge on any atom is 0.254 e. The van der Waals surface area contributed by atoms with Gasteiger partial charge in [0.1, 0.15) is 17.8 Å². The van der Waals surface area contributed by atoms with Crippen molar-refractivity contribution in [3.63, 3.8) is 0 Å². The first-order chi connectivity index (χ1) is 17.8. The molecule has 1 aromatic heterocycles. The summed E-state index contributed by atoms with van der Waals surface area (Å²) < 4.78 is 40.2. The van der Waals surface area contributed by atoms with Gasteiger partial charge in [0.2, 0.25) is 0 Å². The van der Waals surface area contributed by atoms with Gasteiger partial charge in [0.05, 0.1) is 24.4 Å². The zero-order valence-electron chi connectivity index (χ0n) is 20.7. The molecule has 8 nitrogen and oxygen atoms in total. The SMILES string of the molecule is COCC(=N)/C(=C\NCc1ccc(Cn2ccccc2=O)cc1)C(=O)NCC1=C(F)C(OC)CC=C1F. The third-order valence-electron chi connectivity index (χ3n) is 5.77. The molecular weight excluding hydrogens is 482 g/mol. The number of methoxy groups -OCH3 is 2. The lowest BCUT2D eigenvalue weighted by molar-refractivity contribution is -0.116. The molecule has 0 radical (unpaired) electrons. The number of carbonyl (C=O) groups excluding carboxylic acids is 1. The Kier molecular flexibility index (Phi) is 10.0. The average Bonchev–Trinajstić information content (AvgIpc) is 2.89. The molecular formula is C27H30F2N4O4. The van der Waals surface area contributed by atoms with E-state index in [0.29, 0.717) is 13.1 Å². The average molecular weight is 513 g/mol. The Morgan fingerprint density at radius 2 is 1.86 bits per heavy atom. The van der Waals surface area contributed by atoms with Gasteiger partial charge in [0.25, 0.3) is 11.5 Å². The summed E-state index contributed by atoms with van der Waals surface area (Å²) in [5.74, 6) is -2.19. The highest BCUT2D eigenvalue weighted by atomic mass is 19.1. The molecule has 1 amide bonds. The molecule has 0 saturated heterocycles. The van der Waals surface area contributed by atoms with Crippen LogP contribution in [0.5, 0.6) is 0 Å². The summed E-state index contributed by atoms with van der Waals surface area (Å²) in [6.07, 6.45) is 3.50. The van der Waals surface area contributed by atoms with Crippen LogP contribution in [0.3, 0.4) is 0 Å². The van der Waals surface area contributed by atoms with Crippen LogP contribution in [-0.4, -0.2) is 49.7 Å². The number of nitrogens with one attached hydrogen (secondary N) is 3. The summed E-state index contributed by atoms with van der Waals surface area (Å²) >= 11 is 0. The Morgan fingerprint density at radius 1 is 1.14 bits per heavy atom. The molecule has 0 bridgehead atoms.